The van der Waals surface area contributed by atoms with E-state index < -0.39 is 97.5 Å². The largest absolute Gasteiger partial charge is 0.472 e. The molecule has 6 atom stereocenters. The van der Waals surface area contributed by atoms with Gasteiger partial charge in [0, 0.05) is 25.7 Å². The third-order valence-electron chi connectivity index (χ3n) is 16.3. The maximum atomic E-state index is 13.0. The standard InChI is InChI=1S/C69H134O17P2/c1-7-10-12-14-16-33-39-45-51-66(71)79-57-64(85-68(73)53-47-41-34-17-15-13-11-8-2)59-83-87(75,76)81-55-63(70)56-82-88(77,78)84-60-65(58-80-67(72)52-46-40-35-29-26-25-28-32-38-44-50-62(6)9-3)86-69(74)54-48-42-36-30-24-22-20-18-19-21-23-27-31-37-43-49-61(4)5/h61-65,70H,7-60H2,1-6H3,(H,75,76)(H,77,78)/t62?,63-,64+,65+/m0/s1. The molecular weight excluding hydrogens is 1160 g/mol. The molecule has 0 radical (unpaired) electrons. The quantitative estimate of drug-likeness (QED) is 0.0222. The molecule has 0 bridgehead atoms. The molecule has 0 aliphatic rings. The van der Waals surface area contributed by atoms with Gasteiger partial charge in [0.2, 0.25) is 0 Å². The highest BCUT2D eigenvalue weighted by Gasteiger charge is 2.30. The number of carbonyl (C=O) groups excluding carboxylic acids is 4. The van der Waals surface area contributed by atoms with Crippen LogP contribution in [-0.2, 0) is 65.4 Å². The Bertz CT molecular complexity index is 1720. The molecule has 0 aliphatic heterocycles. The van der Waals surface area contributed by atoms with Crippen molar-refractivity contribution in [1.29, 1.82) is 0 Å². The molecule has 3 unspecified atom stereocenters. The van der Waals surface area contributed by atoms with Gasteiger partial charge < -0.3 is 33.8 Å². The molecule has 0 aromatic carbocycles. The van der Waals surface area contributed by atoms with Gasteiger partial charge in [-0.25, -0.2) is 9.13 Å². The van der Waals surface area contributed by atoms with Gasteiger partial charge in [0.05, 0.1) is 26.4 Å². The lowest BCUT2D eigenvalue weighted by Gasteiger charge is -2.21. The van der Waals surface area contributed by atoms with Crippen LogP contribution in [0, 0.1) is 11.8 Å². The van der Waals surface area contributed by atoms with Crippen LogP contribution < -0.4 is 0 Å². The molecule has 0 aliphatic carbocycles. The number of rotatable bonds is 68. The predicted octanol–water partition coefficient (Wildman–Crippen LogP) is 19.6. The predicted molar refractivity (Wildman–Crippen MR) is 354 cm³/mol. The molecule has 0 heterocycles. The molecule has 0 saturated carbocycles. The Morgan fingerprint density at radius 1 is 0.330 bits per heavy atom. The van der Waals surface area contributed by atoms with Crippen molar-refractivity contribution in [3.8, 4) is 0 Å². The molecule has 522 valence electrons. The summed E-state index contributed by atoms with van der Waals surface area (Å²) in [5, 5.41) is 10.6. The highest BCUT2D eigenvalue weighted by atomic mass is 31.2. The summed E-state index contributed by atoms with van der Waals surface area (Å²) in [6.07, 6.45) is 45.9. The van der Waals surface area contributed by atoms with Gasteiger partial charge in [0.25, 0.3) is 0 Å². The number of hydrogen-bond acceptors (Lipinski definition) is 15. The minimum Gasteiger partial charge on any atom is -0.462 e. The highest BCUT2D eigenvalue weighted by Crippen LogP contribution is 2.45. The van der Waals surface area contributed by atoms with Crippen molar-refractivity contribution < 1.29 is 80.2 Å². The molecule has 0 amide bonds. The van der Waals surface area contributed by atoms with E-state index in [2.05, 4.69) is 41.5 Å². The maximum absolute atomic E-state index is 13.0. The van der Waals surface area contributed by atoms with Crippen LogP contribution in [0.5, 0.6) is 0 Å². The van der Waals surface area contributed by atoms with Crippen LogP contribution in [0.2, 0.25) is 0 Å². The van der Waals surface area contributed by atoms with Crippen LogP contribution in [0.15, 0.2) is 0 Å². The summed E-state index contributed by atoms with van der Waals surface area (Å²) in [6.45, 7) is 9.54. The van der Waals surface area contributed by atoms with Gasteiger partial charge in [-0.05, 0) is 37.5 Å². The molecule has 3 N–H and O–H groups in total. The summed E-state index contributed by atoms with van der Waals surface area (Å²) in [6, 6.07) is 0. The monoisotopic (exact) mass is 1300 g/mol. The third-order valence-corrected chi connectivity index (χ3v) is 18.2. The number of aliphatic hydroxyl groups is 1. The zero-order valence-electron chi connectivity index (χ0n) is 57.0. The minimum atomic E-state index is -4.95. The van der Waals surface area contributed by atoms with Crippen molar-refractivity contribution in [2.24, 2.45) is 11.8 Å². The van der Waals surface area contributed by atoms with E-state index in [1.165, 1.54) is 154 Å². The van der Waals surface area contributed by atoms with E-state index in [1.54, 1.807) is 0 Å². The highest BCUT2D eigenvalue weighted by molar-refractivity contribution is 7.47. The first-order valence-corrected chi connectivity index (χ1v) is 39.0. The zero-order chi connectivity index (χ0) is 65.0. The smallest absolute Gasteiger partial charge is 0.462 e. The number of phosphoric acid groups is 2. The number of phosphoric ester groups is 2. The lowest BCUT2D eigenvalue weighted by molar-refractivity contribution is -0.161. The fraction of sp³-hybridized carbons (Fsp3) is 0.942. The van der Waals surface area contributed by atoms with Crippen molar-refractivity contribution in [3.63, 3.8) is 0 Å². The second-order valence-corrected chi connectivity index (χ2v) is 28.5. The van der Waals surface area contributed by atoms with E-state index in [0.29, 0.717) is 25.7 Å². The van der Waals surface area contributed by atoms with Gasteiger partial charge >= 0.3 is 39.5 Å². The van der Waals surface area contributed by atoms with Gasteiger partial charge in [-0.15, -0.1) is 0 Å². The third kappa shape index (κ3) is 61.6. The molecule has 0 rings (SSSR count). The van der Waals surface area contributed by atoms with Crippen LogP contribution in [-0.4, -0.2) is 96.7 Å². The summed E-state index contributed by atoms with van der Waals surface area (Å²) in [5.74, 6) is -0.518. The average Bonchev–Trinajstić information content (AvgIpc) is 3.70. The summed E-state index contributed by atoms with van der Waals surface area (Å²) >= 11 is 0. The van der Waals surface area contributed by atoms with Crippen LogP contribution in [0.4, 0.5) is 0 Å². The minimum absolute atomic E-state index is 0.105. The summed E-state index contributed by atoms with van der Waals surface area (Å²) in [5.41, 5.74) is 0. The van der Waals surface area contributed by atoms with E-state index in [9.17, 15) is 43.2 Å². The molecule has 0 aromatic rings. The van der Waals surface area contributed by atoms with Crippen molar-refractivity contribution in [2.75, 3.05) is 39.6 Å². The number of unbranched alkanes of at least 4 members (excludes halogenated alkanes) is 37. The second-order valence-electron chi connectivity index (χ2n) is 25.6. The van der Waals surface area contributed by atoms with E-state index in [-0.39, 0.29) is 25.7 Å². The van der Waals surface area contributed by atoms with Crippen molar-refractivity contribution in [2.45, 2.75) is 368 Å². The first kappa shape index (κ1) is 86.1. The van der Waals surface area contributed by atoms with Crippen LogP contribution >= 0.6 is 15.6 Å². The van der Waals surface area contributed by atoms with E-state index in [4.69, 9.17) is 37.0 Å². The van der Waals surface area contributed by atoms with Gasteiger partial charge in [0.15, 0.2) is 12.2 Å². The first-order chi connectivity index (χ1) is 42.4. The molecule has 0 fully saturated rings. The number of ether oxygens (including phenoxy) is 4. The van der Waals surface area contributed by atoms with Gasteiger partial charge in [-0.3, -0.25) is 37.3 Å². The van der Waals surface area contributed by atoms with Crippen molar-refractivity contribution in [3.05, 3.63) is 0 Å². The summed E-state index contributed by atoms with van der Waals surface area (Å²) in [4.78, 5) is 72.3. The average molecular weight is 1300 g/mol. The molecule has 0 saturated heterocycles. The van der Waals surface area contributed by atoms with Crippen LogP contribution in [0.3, 0.4) is 0 Å². The number of carbonyl (C=O) groups is 4. The van der Waals surface area contributed by atoms with Gasteiger partial charge in [-0.2, -0.15) is 0 Å². The number of aliphatic hydroxyl groups excluding tert-OH is 1. The van der Waals surface area contributed by atoms with Crippen LogP contribution in [0.25, 0.3) is 0 Å². The molecule has 88 heavy (non-hydrogen) atoms. The topological polar surface area (TPSA) is 237 Å². The SMILES string of the molecule is CCCCCCCCCCC(=O)OC[C@H](COP(=O)(O)OC[C@H](O)COP(=O)(O)OC[C@@H](COC(=O)CCCCCCCCCCCCC(C)CC)OC(=O)CCCCCCCCCCCCCCCCCC(C)C)OC(=O)CCCCCCCCCC. The van der Waals surface area contributed by atoms with Crippen molar-refractivity contribution in [1.82, 2.24) is 0 Å². The van der Waals surface area contributed by atoms with E-state index in [1.807, 2.05) is 0 Å². The van der Waals surface area contributed by atoms with E-state index >= 15 is 0 Å². The Kier molecular flexibility index (Phi) is 59.9. The number of esters is 4. The maximum Gasteiger partial charge on any atom is 0.472 e. The second kappa shape index (κ2) is 61.3. The van der Waals surface area contributed by atoms with Gasteiger partial charge in [-0.1, -0.05) is 298 Å². The lowest BCUT2D eigenvalue weighted by atomic mass is 9.99. The van der Waals surface area contributed by atoms with Crippen molar-refractivity contribution >= 4 is 39.5 Å². The number of hydrogen-bond donors (Lipinski definition) is 3. The molecule has 0 spiro atoms. The molecular formula is C69H134O17P2. The summed E-state index contributed by atoms with van der Waals surface area (Å²) < 4.78 is 68.1. The Hall–Kier alpha value is -1.94. The fourth-order valence-corrected chi connectivity index (χ4v) is 12.0. The summed E-state index contributed by atoms with van der Waals surface area (Å²) in [7, 11) is -9.89. The Morgan fingerprint density at radius 3 is 0.864 bits per heavy atom. The molecule has 17 nitrogen and oxygen atoms in total. The lowest BCUT2D eigenvalue weighted by Crippen LogP contribution is -2.30. The Balaban J connectivity index is 5.19. The fourth-order valence-electron chi connectivity index (χ4n) is 10.4. The molecule has 0 aromatic heterocycles. The Morgan fingerprint density at radius 2 is 0.580 bits per heavy atom. The van der Waals surface area contributed by atoms with Gasteiger partial charge in [0.1, 0.15) is 19.3 Å². The van der Waals surface area contributed by atoms with E-state index in [0.717, 1.165) is 115 Å². The normalized spacial score (nSPS) is 14.5. The Labute approximate surface area is 537 Å². The zero-order valence-corrected chi connectivity index (χ0v) is 58.8. The van der Waals surface area contributed by atoms with Crippen LogP contribution in [0.1, 0.15) is 350 Å². The molecule has 19 heteroatoms. The first-order valence-electron chi connectivity index (χ1n) is 36.0.